The van der Waals surface area contributed by atoms with Crippen molar-refractivity contribution < 1.29 is 4.74 Å². The van der Waals surface area contributed by atoms with Crippen molar-refractivity contribution in [2.45, 2.75) is 25.8 Å². The van der Waals surface area contributed by atoms with Gasteiger partial charge in [-0.3, -0.25) is 4.68 Å². The molecule has 0 aromatic carbocycles. The summed E-state index contributed by atoms with van der Waals surface area (Å²) in [6.45, 7) is 2.83. The Hall–Kier alpha value is -0.870. The summed E-state index contributed by atoms with van der Waals surface area (Å²) in [7, 11) is 5.71. The van der Waals surface area contributed by atoms with Crippen LogP contribution in [0.25, 0.3) is 0 Å². The predicted octanol–water partition coefficient (Wildman–Crippen LogP) is 1.42. The molecule has 86 valence electrons. The molecule has 0 saturated carbocycles. The average Bonchev–Trinajstić information content (AvgIpc) is 2.53. The van der Waals surface area contributed by atoms with Crippen molar-refractivity contribution in [3.8, 4) is 0 Å². The molecule has 4 nitrogen and oxygen atoms in total. The molecule has 0 aliphatic carbocycles. The monoisotopic (exact) mass is 211 g/mol. The van der Waals surface area contributed by atoms with E-state index in [9.17, 15) is 0 Å². The Morgan fingerprint density at radius 3 is 2.80 bits per heavy atom. The van der Waals surface area contributed by atoms with Crippen LogP contribution in [0.1, 0.15) is 30.3 Å². The van der Waals surface area contributed by atoms with E-state index < -0.39 is 0 Å². The first kappa shape index (κ1) is 12.2. The molecule has 4 heteroatoms. The van der Waals surface area contributed by atoms with Crippen LogP contribution in [0.15, 0.2) is 6.07 Å². The highest BCUT2D eigenvalue weighted by Gasteiger charge is 2.13. The first-order valence-corrected chi connectivity index (χ1v) is 5.35. The summed E-state index contributed by atoms with van der Waals surface area (Å²) >= 11 is 0. The maximum atomic E-state index is 5.06. The van der Waals surface area contributed by atoms with Crippen LogP contribution in [0.5, 0.6) is 0 Å². The summed E-state index contributed by atoms with van der Waals surface area (Å²) in [4.78, 5) is 0. The number of hydrogen-bond donors (Lipinski definition) is 1. The normalized spacial score (nSPS) is 13.1. The zero-order valence-electron chi connectivity index (χ0n) is 10.1. The van der Waals surface area contributed by atoms with E-state index in [2.05, 4.69) is 16.5 Å². The van der Waals surface area contributed by atoms with Gasteiger partial charge < -0.3 is 10.1 Å². The van der Waals surface area contributed by atoms with Crippen LogP contribution >= 0.6 is 0 Å². The SMILES string of the molecule is CNC(CCCOC)c1cc(C)nn1C. The average molecular weight is 211 g/mol. The van der Waals surface area contributed by atoms with Crippen molar-refractivity contribution in [2.75, 3.05) is 20.8 Å². The second kappa shape index (κ2) is 5.88. The maximum Gasteiger partial charge on any atom is 0.0597 e. The molecule has 0 saturated heterocycles. The molecule has 0 fully saturated rings. The standard InChI is InChI=1S/C11H21N3O/c1-9-8-11(14(3)13-9)10(12-2)6-5-7-15-4/h8,10,12H,5-7H2,1-4H3. The highest BCUT2D eigenvalue weighted by atomic mass is 16.5. The fourth-order valence-corrected chi connectivity index (χ4v) is 1.83. The van der Waals surface area contributed by atoms with Crippen LogP contribution in [-0.4, -0.2) is 30.5 Å². The van der Waals surface area contributed by atoms with Gasteiger partial charge in [-0.15, -0.1) is 0 Å². The van der Waals surface area contributed by atoms with Gasteiger partial charge in [0.1, 0.15) is 0 Å². The minimum absolute atomic E-state index is 0.367. The minimum atomic E-state index is 0.367. The van der Waals surface area contributed by atoms with E-state index >= 15 is 0 Å². The van der Waals surface area contributed by atoms with Crippen LogP contribution < -0.4 is 5.32 Å². The Morgan fingerprint density at radius 1 is 1.60 bits per heavy atom. The van der Waals surface area contributed by atoms with Crippen LogP contribution in [0.2, 0.25) is 0 Å². The molecule has 1 aromatic heterocycles. The van der Waals surface area contributed by atoms with E-state index in [0.29, 0.717) is 6.04 Å². The lowest BCUT2D eigenvalue weighted by Gasteiger charge is -2.15. The second-order valence-corrected chi connectivity index (χ2v) is 3.81. The molecule has 0 aliphatic heterocycles. The summed E-state index contributed by atoms with van der Waals surface area (Å²) in [6.07, 6.45) is 2.13. The third-order valence-corrected chi connectivity index (χ3v) is 2.58. The van der Waals surface area contributed by atoms with Gasteiger partial charge in [0.05, 0.1) is 11.4 Å². The number of rotatable bonds is 6. The zero-order chi connectivity index (χ0) is 11.3. The highest BCUT2D eigenvalue weighted by Crippen LogP contribution is 2.18. The molecule has 1 N–H and O–H groups in total. The fourth-order valence-electron chi connectivity index (χ4n) is 1.83. The van der Waals surface area contributed by atoms with E-state index in [0.717, 1.165) is 25.1 Å². The van der Waals surface area contributed by atoms with Crippen LogP contribution in [0.4, 0.5) is 0 Å². The Morgan fingerprint density at radius 2 is 2.33 bits per heavy atom. The first-order chi connectivity index (χ1) is 7.19. The number of nitrogens with one attached hydrogen (secondary N) is 1. The number of aromatic nitrogens is 2. The number of methoxy groups -OCH3 is 1. The quantitative estimate of drug-likeness (QED) is 0.723. The van der Waals surface area contributed by atoms with Gasteiger partial charge in [-0.1, -0.05) is 0 Å². The largest absolute Gasteiger partial charge is 0.385 e. The van der Waals surface area contributed by atoms with Crippen molar-refractivity contribution in [3.63, 3.8) is 0 Å². The predicted molar refractivity (Wildman–Crippen MR) is 60.9 cm³/mol. The third-order valence-electron chi connectivity index (χ3n) is 2.58. The van der Waals surface area contributed by atoms with Crippen LogP contribution in [0.3, 0.4) is 0 Å². The van der Waals surface area contributed by atoms with E-state index in [1.54, 1.807) is 7.11 Å². The minimum Gasteiger partial charge on any atom is -0.385 e. The molecular formula is C11H21N3O. The third kappa shape index (κ3) is 3.32. The number of aryl methyl sites for hydroxylation is 2. The molecule has 1 atom stereocenters. The van der Waals surface area contributed by atoms with Crippen molar-refractivity contribution in [1.29, 1.82) is 0 Å². The second-order valence-electron chi connectivity index (χ2n) is 3.81. The summed E-state index contributed by atoms with van der Waals surface area (Å²) < 4.78 is 7.01. The number of nitrogens with zero attached hydrogens (tertiary/aromatic N) is 2. The summed E-state index contributed by atoms with van der Waals surface area (Å²) in [5.41, 5.74) is 2.31. The number of hydrogen-bond acceptors (Lipinski definition) is 3. The van der Waals surface area contributed by atoms with Gasteiger partial charge in [0.25, 0.3) is 0 Å². The van der Waals surface area contributed by atoms with E-state index in [1.165, 1.54) is 5.69 Å². The smallest absolute Gasteiger partial charge is 0.0597 e. The highest BCUT2D eigenvalue weighted by molar-refractivity contribution is 5.12. The molecule has 1 heterocycles. The van der Waals surface area contributed by atoms with Gasteiger partial charge in [0.15, 0.2) is 0 Å². The van der Waals surface area contributed by atoms with E-state index in [1.807, 2.05) is 25.7 Å². The van der Waals surface area contributed by atoms with Crippen molar-refractivity contribution in [1.82, 2.24) is 15.1 Å². The summed E-state index contributed by atoms with van der Waals surface area (Å²) in [5.74, 6) is 0. The Bertz CT molecular complexity index is 296. The van der Waals surface area contributed by atoms with E-state index in [-0.39, 0.29) is 0 Å². The van der Waals surface area contributed by atoms with Crippen LogP contribution in [0, 0.1) is 6.92 Å². The molecule has 1 rings (SSSR count). The molecule has 0 bridgehead atoms. The first-order valence-electron chi connectivity index (χ1n) is 5.35. The van der Waals surface area contributed by atoms with E-state index in [4.69, 9.17) is 4.74 Å². The van der Waals surface area contributed by atoms with Crippen molar-refractivity contribution in [3.05, 3.63) is 17.5 Å². The Kier molecular flexibility index (Phi) is 4.78. The van der Waals surface area contributed by atoms with Gasteiger partial charge >= 0.3 is 0 Å². The van der Waals surface area contributed by atoms with Gasteiger partial charge in [-0.25, -0.2) is 0 Å². The Labute approximate surface area is 91.6 Å². The fraction of sp³-hybridized carbons (Fsp3) is 0.727. The number of ether oxygens (including phenoxy) is 1. The maximum absolute atomic E-state index is 5.06. The molecular weight excluding hydrogens is 190 g/mol. The molecule has 1 aromatic rings. The molecule has 0 spiro atoms. The Balaban J connectivity index is 2.61. The molecule has 0 amide bonds. The van der Waals surface area contributed by atoms with Crippen LogP contribution in [-0.2, 0) is 11.8 Å². The van der Waals surface area contributed by atoms with Gasteiger partial charge in [-0.2, -0.15) is 5.10 Å². The van der Waals surface area contributed by atoms with Gasteiger partial charge in [0.2, 0.25) is 0 Å². The lowest BCUT2D eigenvalue weighted by molar-refractivity contribution is 0.189. The van der Waals surface area contributed by atoms with Gasteiger partial charge in [0, 0.05) is 26.8 Å². The molecule has 15 heavy (non-hydrogen) atoms. The lowest BCUT2D eigenvalue weighted by Crippen LogP contribution is -2.19. The summed E-state index contributed by atoms with van der Waals surface area (Å²) in [6, 6.07) is 2.50. The van der Waals surface area contributed by atoms with Gasteiger partial charge in [-0.05, 0) is 32.9 Å². The molecule has 0 radical (unpaired) electrons. The molecule has 0 aliphatic rings. The van der Waals surface area contributed by atoms with Crippen molar-refractivity contribution in [2.24, 2.45) is 7.05 Å². The lowest BCUT2D eigenvalue weighted by atomic mass is 10.1. The van der Waals surface area contributed by atoms with Crippen molar-refractivity contribution >= 4 is 0 Å². The topological polar surface area (TPSA) is 39.1 Å². The molecule has 1 unspecified atom stereocenters. The summed E-state index contributed by atoms with van der Waals surface area (Å²) in [5, 5.41) is 7.67. The zero-order valence-corrected chi connectivity index (χ0v) is 10.1.